The maximum absolute atomic E-state index is 11.3. The second-order valence-electron chi connectivity index (χ2n) is 4.93. The van der Waals surface area contributed by atoms with Crippen molar-refractivity contribution in [2.24, 2.45) is 0 Å². The smallest absolute Gasteiger partial charge is 0.175 e. The van der Waals surface area contributed by atoms with Crippen LogP contribution in [-0.2, 0) is 14.6 Å². The van der Waals surface area contributed by atoms with Crippen molar-refractivity contribution in [2.45, 2.75) is 11.0 Å². The van der Waals surface area contributed by atoms with E-state index in [-0.39, 0.29) is 6.10 Å². The number of rotatable bonds is 4. The Morgan fingerprint density at radius 1 is 1.37 bits per heavy atom. The van der Waals surface area contributed by atoms with Gasteiger partial charge >= 0.3 is 0 Å². The average molecular weight is 284 g/mol. The molecule has 0 aliphatic carbocycles. The maximum Gasteiger partial charge on any atom is 0.175 e. The summed E-state index contributed by atoms with van der Waals surface area (Å²) in [6, 6.07) is 6.79. The lowest BCUT2D eigenvalue weighted by Gasteiger charge is -2.30. The zero-order valence-corrected chi connectivity index (χ0v) is 12.1. The highest BCUT2D eigenvalue weighted by Crippen LogP contribution is 2.14. The lowest BCUT2D eigenvalue weighted by molar-refractivity contribution is -0.0117. The van der Waals surface area contributed by atoms with E-state index in [0.717, 1.165) is 31.9 Å². The third-order valence-corrected chi connectivity index (χ3v) is 4.29. The zero-order chi connectivity index (χ0) is 13.9. The number of nitrogens with zero attached hydrogens (tertiary/aromatic N) is 1. The summed E-state index contributed by atoms with van der Waals surface area (Å²) in [4.78, 5) is 2.58. The van der Waals surface area contributed by atoms with Crippen LogP contribution in [-0.4, -0.2) is 59.0 Å². The number of hydrogen-bond acceptors (Lipinski definition) is 5. The molecule has 1 aromatic rings. The van der Waals surface area contributed by atoms with Crippen molar-refractivity contribution in [3.63, 3.8) is 0 Å². The van der Waals surface area contributed by atoms with E-state index in [1.165, 1.54) is 6.26 Å². The van der Waals surface area contributed by atoms with Gasteiger partial charge in [0.1, 0.15) is 0 Å². The van der Waals surface area contributed by atoms with Gasteiger partial charge in [-0.1, -0.05) is 0 Å². The number of ether oxygens (including phenoxy) is 1. The molecule has 1 unspecified atom stereocenters. The molecule has 5 nitrogen and oxygen atoms in total. The van der Waals surface area contributed by atoms with Crippen LogP contribution in [0.5, 0.6) is 0 Å². The Bertz CT molecular complexity index is 513. The average Bonchev–Trinajstić information content (AvgIpc) is 2.36. The monoisotopic (exact) mass is 284 g/mol. The first-order chi connectivity index (χ1) is 8.95. The van der Waals surface area contributed by atoms with Crippen LogP contribution in [0, 0.1) is 0 Å². The Balaban J connectivity index is 1.89. The summed E-state index contributed by atoms with van der Waals surface area (Å²) < 4.78 is 28.3. The molecule has 2 rings (SSSR count). The van der Waals surface area contributed by atoms with Gasteiger partial charge in [0.15, 0.2) is 9.84 Å². The fourth-order valence-electron chi connectivity index (χ4n) is 2.04. The Kier molecular flexibility index (Phi) is 4.44. The molecule has 0 spiro atoms. The van der Waals surface area contributed by atoms with Gasteiger partial charge in [-0.15, -0.1) is 0 Å². The van der Waals surface area contributed by atoms with Crippen molar-refractivity contribution in [3.05, 3.63) is 24.3 Å². The third kappa shape index (κ3) is 4.19. The van der Waals surface area contributed by atoms with Crippen LogP contribution < -0.4 is 5.32 Å². The predicted octanol–water partition coefficient (Wildman–Crippen LogP) is 0.833. The van der Waals surface area contributed by atoms with E-state index < -0.39 is 9.84 Å². The Hall–Kier alpha value is -1.11. The fraction of sp³-hybridized carbons (Fsp3) is 0.538. The minimum atomic E-state index is -3.12. The van der Waals surface area contributed by atoms with Crippen LogP contribution in [0.15, 0.2) is 29.2 Å². The normalized spacial score (nSPS) is 21.3. The molecule has 0 amide bonds. The maximum atomic E-state index is 11.3. The number of likely N-dealkylation sites (N-methyl/N-ethyl adjacent to an activating group) is 1. The lowest BCUT2D eigenvalue weighted by atomic mass is 10.2. The third-order valence-electron chi connectivity index (χ3n) is 3.16. The van der Waals surface area contributed by atoms with Gasteiger partial charge in [-0.3, -0.25) is 0 Å². The van der Waals surface area contributed by atoms with Crippen molar-refractivity contribution in [1.82, 2.24) is 4.90 Å². The SMILES string of the molecule is CN1CCOC(CNc2ccc(S(C)(=O)=O)cc2)C1. The standard InChI is InChI=1S/C13H20N2O3S/c1-15-7-8-18-12(10-15)9-14-11-3-5-13(6-4-11)19(2,16)17/h3-6,12,14H,7-10H2,1-2H3. The van der Waals surface area contributed by atoms with Crippen molar-refractivity contribution in [3.8, 4) is 0 Å². The summed E-state index contributed by atoms with van der Waals surface area (Å²) in [5, 5.41) is 3.27. The van der Waals surface area contributed by atoms with Crippen LogP contribution in [0.3, 0.4) is 0 Å². The first-order valence-electron chi connectivity index (χ1n) is 6.29. The lowest BCUT2D eigenvalue weighted by Crippen LogP contribution is -2.43. The predicted molar refractivity (Wildman–Crippen MR) is 75.3 cm³/mol. The largest absolute Gasteiger partial charge is 0.382 e. The van der Waals surface area contributed by atoms with Gasteiger partial charge in [-0.2, -0.15) is 0 Å². The molecule has 0 aromatic heterocycles. The first kappa shape index (κ1) is 14.3. The topological polar surface area (TPSA) is 58.6 Å². The van der Waals surface area contributed by atoms with Gasteiger partial charge in [-0.05, 0) is 31.3 Å². The van der Waals surface area contributed by atoms with E-state index in [9.17, 15) is 8.42 Å². The number of nitrogens with one attached hydrogen (secondary N) is 1. The summed E-state index contributed by atoms with van der Waals surface area (Å²) in [6.07, 6.45) is 1.38. The molecule has 1 fully saturated rings. The summed E-state index contributed by atoms with van der Waals surface area (Å²) in [7, 11) is -1.04. The number of benzene rings is 1. The molecular formula is C13H20N2O3S. The minimum Gasteiger partial charge on any atom is -0.382 e. The van der Waals surface area contributed by atoms with E-state index in [1.807, 2.05) is 0 Å². The van der Waals surface area contributed by atoms with Gasteiger partial charge in [0, 0.05) is 31.6 Å². The first-order valence-corrected chi connectivity index (χ1v) is 8.18. The molecule has 1 heterocycles. The molecule has 19 heavy (non-hydrogen) atoms. The van der Waals surface area contributed by atoms with Gasteiger partial charge in [0.2, 0.25) is 0 Å². The van der Waals surface area contributed by atoms with Gasteiger partial charge < -0.3 is 15.0 Å². The van der Waals surface area contributed by atoms with E-state index in [1.54, 1.807) is 24.3 Å². The van der Waals surface area contributed by atoms with E-state index in [2.05, 4.69) is 17.3 Å². The molecule has 1 atom stereocenters. The molecule has 0 bridgehead atoms. The Morgan fingerprint density at radius 3 is 2.63 bits per heavy atom. The van der Waals surface area contributed by atoms with Crippen LogP contribution in [0.2, 0.25) is 0 Å². The van der Waals surface area contributed by atoms with Gasteiger partial charge in [0.25, 0.3) is 0 Å². The van der Waals surface area contributed by atoms with E-state index in [4.69, 9.17) is 4.74 Å². The Morgan fingerprint density at radius 2 is 2.05 bits per heavy atom. The summed E-state index contributed by atoms with van der Waals surface area (Å²) >= 11 is 0. The summed E-state index contributed by atoms with van der Waals surface area (Å²) in [5.41, 5.74) is 0.907. The molecule has 1 aliphatic rings. The number of hydrogen-bond donors (Lipinski definition) is 1. The fourth-order valence-corrected chi connectivity index (χ4v) is 2.67. The van der Waals surface area contributed by atoms with Crippen molar-refractivity contribution in [1.29, 1.82) is 0 Å². The summed E-state index contributed by atoms with van der Waals surface area (Å²) in [5.74, 6) is 0. The minimum absolute atomic E-state index is 0.174. The molecule has 1 aromatic carbocycles. The van der Waals surface area contributed by atoms with Crippen molar-refractivity contribution >= 4 is 15.5 Å². The molecular weight excluding hydrogens is 264 g/mol. The van der Waals surface area contributed by atoms with Crippen LogP contribution in [0.4, 0.5) is 5.69 Å². The van der Waals surface area contributed by atoms with Gasteiger partial charge in [-0.25, -0.2) is 8.42 Å². The molecule has 1 aliphatic heterocycles. The molecule has 1 N–H and O–H groups in total. The van der Waals surface area contributed by atoms with Crippen molar-refractivity contribution in [2.75, 3.05) is 44.9 Å². The van der Waals surface area contributed by atoms with Crippen LogP contribution >= 0.6 is 0 Å². The molecule has 1 saturated heterocycles. The highest BCUT2D eigenvalue weighted by molar-refractivity contribution is 7.90. The Labute approximate surface area is 114 Å². The van der Waals surface area contributed by atoms with E-state index in [0.29, 0.717) is 4.90 Å². The molecule has 6 heteroatoms. The van der Waals surface area contributed by atoms with E-state index >= 15 is 0 Å². The second-order valence-corrected chi connectivity index (χ2v) is 6.95. The number of anilines is 1. The molecule has 106 valence electrons. The highest BCUT2D eigenvalue weighted by atomic mass is 32.2. The van der Waals surface area contributed by atoms with Crippen molar-refractivity contribution < 1.29 is 13.2 Å². The van der Waals surface area contributed by atoms with Crippen LogP contribution in [0.1, 0.15) is 0 Å². The molecule has 0 saturated carbocycles. The summed E-state index contributed by atoms with van der Waals surface area (Å²) in [6.45, 7) is 3.37. The number of morpholine rings is 1. The van der Waals surface area contributed by atoms with Crippen LogP contribution in [0.25, 0.3) is 0 Å². The second kappa shape index (κ2) is 5.90. The highest BCUT2D eigenvalue weighted by Gasteiger charge is 2.17. The quantitative estimate of drug-likeness (QED) is 0.887. The molecule has 0 radical (unpaired) electrons. The zero-order valence-electron chi connectivity index (χ0n) is 11.3. The van der Waals surface area contributed by atoms with Gasteiger partial charge in [0.05, 0.1) is 17.6 Å². The number of sulfone groups is 1.